The third kappa shape index (κ3) is 6.07. The van der Waals surface area contributed by atoms with E-state index in [-0.39, 0.29) is 33.7 Å². The minimum Gasteiger partial charge on any atom is -0.278 e. The summed E-state index contributed by atoms with van der Waals surface area (Å²) in [4.78, 5) is 59.4. The van der Waals surface area contributed by atoms with Crippen molar-refractivity contribution in [2.24, 2.45) is 0 Å². The standard InChI is InChI=1S/C28H30N4O4S2/c1-3-23(33)31-21-15-9-7-13-19(21)29-25(31)27(35)37-17-11-5-6-12-18-38-28(36)26-30-20-14-8-10-16-22(20)32(26)24(34)4-2/h7-10,13-16H,3-6,11-12,17-18H2,1-2H3. The normalized spacial score (nSPS) is 11.3. The molecule has 0 aliphatic heterocycles. The molecule has 0 fully saturated rings. The molecule has 38 heavy (non-hydrogen) atoms. The largest absolute Gasteiger partial charge is 0.278 e. The van der Waals surface area contributed by atoms with Gasteiger partial charge in [0, 0.05) is 24.3 Å². The number of benzene rings is 2. The molecule has 198 valence electrons. The van der Waals surface area contributed by atoms with Crippen LogP contribution in [0.2, 0.25) is 0 Å². The molecule has 0 saturated heterocycles. The molecule has 2 heterocycles. The van der Waals surface area contributed by atoms with E-state index in [4.69, 9.17) is 0 Å². The summed E-state index contributed by atoms with van der Waals surface area (Å²) in [5, 5.41) is -0.401. The van der Waals surface area contributed by atoms with Crippen LogP contribution in [-0.4, -0.2) is 52.7 Å². The first kappa shape index (κ1) is 27.8. The highest BCUT2D eigenvalue weighted by atomic mass is 32.2. The zero-order chi connectivity index (χ0) is 27.1. The average Bonchev–Trinajstić information content (AvgIpc) is 3.52. The summed E-state index contributed by atoms with van der Waals surface area (Å²) in [6.45, 7) is 3.54. The van der Waals surface area contributed by atoms with Gasteiger partial charge in [-0.15, -0.1) is 0 Å². The molecule has 2 aromatic heterocycles. The van der Waals surface area contributed by atoms with Crippen LogP contribution in [0.1, 0.15) is 83.2 Å². The lowest BCUT2D eigenvalue weighted by atomic mass is 10.2. The first-order chi connectivity index (χ1) is 18.5. The molecule has 0 spiro atoms. The van der Waals surface area contributed by atoms with Crippen LogP contribution >= 0.6 is 23.5 Å². The monoisotopic (exact) mass is 550 g/mol. The molecule has 0 bridgehead atoms. The van der Waals surface area contributed by atoms with Crippen LogP contribution in [0.5, 0.6) is 0 Å². The highest BCUT2D eigenvalue weighted by Gasteiger charge is 2.22. The number of rotatable bonds is 11. The van der Waals surface area contributed by atoms with Gasteiger partial charge < -0.3 is 0 Å². The minimum atomic E-state index is -0.200. The van der Waals surface area contributed by atoms with Crippen molar-refractivity contribution in [1.29, 1.82) is 0 Å². The Hall–Kier alpha value is -3.24. The van der Waals surface area contributed by atoms with Crippen LogP contribution in [0.15, 0.2) is 48.5 Å². The van der Waals surface area contributed by atoms with Gasteiger partial charge in [-0.3, -0.25) is 28.3 Å². The molecule has 2 aromatic carbocycles. The van der Waals surface area contributed by atoms with E-state index >= 15 is 0 Å². The molecule has 0 atom stereocenters. The number of unbranched alkanes of at least 4 members (excludes halogenated alkanes) is 3. The van der Waals surface area contributed by atoms with Crippen molar-refractivity contribution < 1.29 is 19.2 Å². The molecule has 10 heteroatoms. The fourth-order valence-electron chi connectivity index (χ4n) is 4.16. The first-order valence-electron chi connectivity index (χ1n) is 12.8. The maximum atomic E-state index is 12.8. The first-order valence-corrected chi connectivity index (χ1v) is 14.8. The number of fused-ring (bicyclic) bond motifs is 2. The second-order valence-electron chi connectivity index (χ2n) is 8.70. The Morgan fingerprint density at radius 3 is 1.42 bits per heavy atom. The molecule has 8 nitrogen and oxygen atoms in total. The SMILES string of the molecule is CCC(=O)n1c(C(=O)SCCCCCCSC(=O)c2nc3ccccc3n2C(=O)CC)nc2ccccc21. The maximum absolute atomic E-state index is 12.8. The van der Waals surface area contributed by atoms with E-state index < -0.39 is 0 Å². The molecular formula is C28H30N4O4S2. The number of hydrogen-bond donors (Lipinski definition) is 0. The van der Waals surface area contributed by atoms with Gasteiger partial charge in [0.05, 0.1) is 22.1 Å². The Bertz CT molecular complexity index is 1380. The van der Waals surface area contributed by atoms with Crippen LogP contribution in [0, 0.1) is 0 Å². The number of imidazole rings is 2. The highest BCUT2D eigenvalue weighted by molar-refractivity contribution is 8.14. The predicted octanol–water partition coefficient (Wildman–Crippen LogP) is 6.49. The second kappa shape index (κ2) is 13.0. The lowest BCUT2D eigenvalue weighted by molar-refractivity contribution is 0.0894. The van der Waals surface area contributed by atoms with Gasteiger partial charge in [0.2, 0.25) is 11.8 Å². The van der Waals surface area contributed by atoms with Crippen LogP contribution in [0.3, 0.4) is 0 Å². The van der Waals surface area contributed by atoms with Crippen molar-refractivity contribution in [1.82, 2.24) is 19.1 Å². The van der Waals surface area contributed by atoms with Crippen molar-refractivity contribution >= 4 is 67.6 Å². The lowest BCUT2D eigenvalue weighted by Gasteiger charge is -2.06. The van der Waals surface area contributed by atoms with Gasteiger partial charge in [-0.1, -0.05) is 74.5 Å². The van der Waals surface area contributed by atoms with Gasteiger partial charge >= 0.3 is 0 Å². The number of carbonyl (C=O) groups excluding carboxylic acids is 4. The van der Waals surface area contributed by atoms with E-state index in [1.54, 1.807) is 38.1 Å². The molecule has 0 N–H and O–H groups in total. The van der Waals surface area contributed by atoms with Gasteiger partial charge in [-0.25, -0.2) is 9.97 Å². The van der Waals surface area contributed by atoms with Crippen molar-refractivity contribution in [2.75, 3.05) is 11.5 Å². The number of carbonyl (C=O) groups is 4. The molecular weight excluding hydrogens is 520 g/mol. The van der Waals surface area contributed by atoms with Gasteiger partial charge in [0.1, 0.15) is 0 Å². The molecule has 0 aliphatic carbocycles. The number of thioether (sulfide) groups is 2. The molecule has 0 saturated carbocycles. The minimum absolute atomic E-state index is 0.149. The third-order valence-corrected chi connectivity index (χ3v) is 7.97. The summed E-state index contributed by atoms with van der Waals surface area (Å²) in [5.41, 5.74) is 2.59. The smallest absolute Gasteiger partial charge is 0.255 e. The van der Waals surface area contributed by atoms with Gasteiger partial charge in [0.25, 0.3) is 10.2 Å². The summed E-state index contributed by atoms with van der Waals surface area (Å²) in [5.74, 6) is 1.35. The molecule has 4 rings (SSSR count). The highest BCUT2D eigenvalue weighted by Crippen LogP contribution is 2.23. The molecule has 0 unspecified atom stereocenters. The van der Waals surface area contributed by atoms with Crippen molar-refractivity contribution in [2.45, 2.75) is 52.4 Å². The third-order valence-electron chi connectivity index (χ3n) is 6.10. The van der Waals surface area contributed by atoms with Crippen molar-refractivity contribution in [3.8, 4) is 0 Å². The molecule has 0 aliphatic rings. The number of aromatic nitrogens is 4. The van der Waals surface area contributed by atoms with E-state index in [1.165, 1.54) is 32.7 Å². The van der Waals surface area contributed by atoms with Gasteiger partial charge in [-0.05, 0) is 37.1 Å². The molecule has 0 amide bonds. The van der Waals surface area contributed by atoms with Crippen LogP contribution in [0.4, 0.5) is 0 Å². The Balaban J connectivity index is 1.22. The zero-order valence-electron chi connectivity index (χ0n) is 21.5. The number of nitrogens with zero attached hydrogens (tertiary/aromatic N) is 4. The van der Waals surface area contributed by atoms with Crippen LogP contribution < -0.4 is 0 Å². The Morgan fingerprint density at radius 1 is 0.632 bits per heavy atom. The lowest BCUT2D eigenvalue weighted by Crippen LogP contribution is -2.15. The summed E-state index contributed by atoms with van der Waals surface area (Å²) in [6, 6.07) is 14.5. The van der Waals surface area contributed by atoms with E-state index in [0.29, 0.717) is 46.4 Å². The van der Waals surface area contributed by atoms with E-state index in [2.05, 4.69) is 9.97 Å². The predicted molar refractivity (Wildman–Crippen MR) is 153 cm³/mol. The van der Waals surface area contributed by atoms with E-state index in [9.17, 15) is 19.2 Å². The van der Waals surface area contributed by atoms with Crippen LogP contribution in [0.25, 0.3) is 22.1 Å². The maximum Gasteiger partial charge on any atom is 0.255 e. The summed E-state index contributed by atoms with van der Waals surface area (Å²) >= 11 is 2.37. The summed E-state index contributed by atoms with van der Waals surface area (Å²) in [7, 11) is 0. The fraction of sp³-hybridized carbons (Fsp3) is 0.357. The zero-order valence-corrected chi connectivity index (χ0v) is 23.1. The Labute approximate surface area is 229 Å². The van der Waals surface area contributed by atoms with Crippen molar-refractivity contribution in [3.63, 3.8) is 0 Å². The number of hydrogen-bond acceptors (Lipinski definition) is 8. The van der Waals surface area contributed by atoms with E-state index in [1.807, 2.05) is 24.3 Å². The van der Waals surface area contributed by atoms with Gasteiger partial charge in [-0.2, -0.15) is 0 Å². The quantitative estimate of drug-likeness (QED) is 0.195. The van der Waals surface area contributed by atoms with Gasteiger partial charge in [0.15, 0.2) is 11.6 Å². The summed E-state index contributed by atoms with van der Waals surface area (Å²) < 4.78 is 2.86. The summed E-state index contributed by atoms with van der Waals surface area (Å²) in [6.07, 6.45) is 4.12. The average molecular weight is 551 g/mol. The van der Waals surface area contributed by atoms with E-state index in [0.717, 1.165) is 25.7 Å². The Morgan fingerprint density at radius 2 is 1.03 bits per heavy atom. The van der Waals surface area contributed by atoms with Crippen molar-refractivity contribution in [3.05, 3.63) is 60.2 Å². The molecule has 4 aromatic rings. The number of para-hydroxylation sites is 4. The topological polar surface area (TPSA) is 104 Å². The van der Waals surface area contributed by atoms with Crippen LogP contribution in [-0.2, 0) is 0 Å². The second-order valence-corrected chi connectivity index (χ2v) is 10.8. The fourth-order valence-corrected chi connectivity index (χ4v) is 5.76. The molecule has 0 radical (unpaired) electrons. The Kier molecular flexibility index (Phi) is 9.52.